The Kier molecular flexibility index (Phi) is 2.17. The molecule has 1 aliphatic rings. The standard InChI is InChI=1S/C10H10ClN3/c1-3-6-14-7(2)13-9-8(14)4-5-12-10(9)11/h3-5,13H,1-2,6H2. The molecule has 0 aromatic carbocycles. The highest BCUT2D eigenvalue weighted by Gasteiger charge is 2.23. The summed E-state index contributed by atoms with van der Waals surface area (Å²) in [5, 5.41) is 3.56. The number of halogens is 1. The molecule has 2 rings (SSSR count). The molecule has 0 fully saturated rings. The van der Waals surface area contributed by atoms with Gasteiger partial charge in [0.05, 0.1) is 5.69 Å². The van der Waals surface area contributed by atoms with Gasteiger partial charge in [-0.1, -0.05) is 24.3 Å². The van der Waals surface area contributed by atoms with Crippen molar-refractivity contribution in [1.29, 1.82) is 0 Å². The van der Waals surface area contributed by atoms with Gasteiger partial charge in [-0.25, -0.2) is 4.98 Å². The molecule has 0 saturated heterocycles. The second-order valence-electron chi connectivity index (χ2n) is 2.97. The predicted molar refractivity (Wildman–Crippen MR) is 59.6 cm³/mol. The van der Waals surface area contributed by atoms with Crippen LogP contribution in [0.3, 0.4) is 0 Å². The normalized spacial score (nSPS) is 13.8. The summed E-state index contributed by atoms with van der Waals surface area (Å²) in [5.41, 5.74) is 1.82. The molecule has 0 bridgehead atoms. The lowest BCUT2D eigenvalue weighted by molar-refractivity contribution is 1.06. The summed E-state index contributed by atoms with van der Waals surface area (Å²) in [7, 11) is 0. The van der Waals surface area contributed by atoms with Crippen molar-refractivity contribution >= 4 is 23.0 Å². The van der Waals surface area contributed by atoms with E-state index >= 15 is 0 Å². The molecule has 4 heteroatoms. The molecular weight excluding hydrogens is 198 g/mol. The molecule has 1 aliphatic heterocycles. The van der Waals surface area contributed by atoms with Crippen molar-refractivity contribution in [3.8, 4) is 0 Å². The minimum Gasteiger partial charge on any atom is -0.338 e. The number of hydrogen-bond acceptors (Lipinski definition) is 3. The summed E-state index contributed by atoms with van der Waals surface area (Å²) < 4.78 is 0. The third kappa shape index (κ3) is 1.26. The minimum absolute atomic E-state index is 0.468. The number of nitrogens with one attached hydrogen (secondary N) is 1. The fourth-order valence-corrected chi connectivity index (χ4v) is 1.66. The maximum Gasteiger partial charge on any atom is 0.154 e. The van der Waals surface area contributed by atoms with Crippen LogP contribution in [0.5, 0.6) is 0 Å². The molecule has 14 heavy (non-hydrogen) atoms. The van der Waals surface area contributed by atoms with E-state index in [1.807, 2.05) is 17.0 Å². The molecule has 3 nitrogen and oxygen atoms in total. The lowest BCUT2D eigenvalue weighted by Gasteiger charge is -2.16. The average Bonchev–Trinajstić information content (AvgIpc) is 2.47. The predicted octanol–water partition coefficient (Wildman–Crippen LogP) is 2.62. The van der Waals surface area contributed by atoms with Gasteiger partial charge >= 0.3 is 0 Å². The van der Waals surface area contributed by atoms with Gasteiger partial charge in [0.1, 0.15) is 11.5 Å². The van der Waals surface area contributed by atoms with Gasteiger partial charge in [0.25, 0.3) is 0 Å². The van der Waals surface area contributed by atoms with Gasteiger partial charge < -0.3 is 10.2 Å². The molecule has 1 aromatic rings. The summed E-state index contributed by atoms with van der Waals surface area (Å²) in [6.07, 6.45) is 3.49. The summed E-state index contributed by atoms with van der Waals surface area (Å²) in [4.78, 5) is 5.99. The fraction of sp³-hybridized carbons (Fsp3) is 0.100. The number of aromatic nitrogens is 1. The summed E-state index contributed by atoms with van der Waals surface area (Å²) in [6.45, 7) is 8.29. The summed E-state index contributed by atoms with van der Waals surface area (Å²) in [6, 6.07) is 1.90. The van der Waals surface area contributed by atoms with Gasteiger partial charge in [-0.2, -0.15) is 0 Å². The average molecular weight is 208 g/mol. The van der Waals surface area contributed by atoms with Gasteiger partial charge in [-0.3, -0.25) is 0 Å². The van der Waals surface area contributed by atoms with E-state index in [9.17, 15) is 0 Å². The molecule has 0 saturated carbocycles. The number of hydrogen-bond donors (Lipinski definition) is 1. The Bertz CT molecular complexity index is 400. The Hall–Kier alpha value is -1.48. The van der Waals surface area contributed by atoms with Crippen LogP contribution in [0.4, 0.5) is 11.4 Å². The largest absolute Gasteiger partial charge is 0.338 e. The van der Waals surface area contributed by atoms with Crippen LogP contribution in [0, 0.1) is 0 Å². The molecule has 0 radical (unpaired) electrons. The Balaban J connectivity index is 2.47. The van der Waals surface area contributed by atoms with Crippen LogP contribution < -0.4 is 10.2 Å². The first-order valence-corrected chi connectivity index (χ1v) is 4.60. The highest BCUT2D eigenvalue weighted by molar-refractivity contribution is 6.33. The maximum atomic E-state index is 5.93. The molecule has 0 unspecified atom stereocenters. The van der Waals surface area contributed by atoms with Crippen LogP contribution >= 0.6 is 11.6 Å². The van der Waals surface area contributed by atoms with Gasteiger partial charge in [0.2, 0.25) is 0 Å². The SMILES string of the molecule is C=CCN1C(=C)Nc2c1ccnc2Cl. The number of fused-ring (bicyclic) bond motifs is 1. The minimum atomic E-state index is 0.468. The molecule has 2 heterocycles. The van der Waals surface area contributed by atoms with Gasteiger partial charge in [0.15, 0.2) is 5.15 Å². The van der Waals surface area contributed by atoms with Gasteiger partial charge in [-0.15, -0.1) is 6.58 Å². The van der Waals surface area contributed by atoms with Crippen molar-refractivity contribution in [2.45, 2.75) is 0 Å². The van der Waals surface area contributed by atoms with E-state index in [0.717, 1.165) is 17.2 Å². The molecule has 0 aliphatic carbocycles. The Morgan fingerprint density at radius 3 is 3.14 bits per heavy atom. The molecule has 1 N–H and O–H groups in total. The Morgan fingerprint density at radius 1 is 1.64 bits per heavy atom. The van der Waals surface area contributed by atoms with E-state index in [0.29, 0.717) is 11.7 Å². The van der Waals surface area contributed by atoms with E-state index in [1.54, 1.807) is 6.20 Å². The number of nitrogens with zero attached hydrogens (tertiary/aromatic N) is 2. The van der Waals surface area contributed by atoms with E-state index in [4.69, 9.17) is 11.6 Å². The lowest BCUT2D eigenvalue weighted by atomic mass is 10.3. The van der Waals surface area contributed by atoms with Crippen molar-refractivity contribution in [2.75, 3.05) is 16.8 Å². The molecule has 0 amide bonds. The Labute approximate surface area is 87.7 Å². The highest BCUT2D eigenvalue weighted by Crippen LogP contribution is 2.39. The molecule has 0 atom stereocenters. The second kappa shape index (κ2) is 3.35. The molecule has 0 spiro atoms. The third-order valence-corrected chi connectivity index (χ3v) is 2.37. The van der Waals surface area contributed by atoms with Crippen molar-refractivity contribution < 1.29 is 0 Å². The first-order valence-electron chi connectivity index (χ1n) is 4.23. The van der Waals surface area contributed by atoms with Crippen LogP contribution in [0.1, 0.15) is 0 Å². The van der Waals surface area contributed by atoms with Crippen LogP contribution in [0.25, 0.3) is 0 Å². The fourth-order valence-electron chi connectivity index (χ4n) is 1.46. The summed E-state index contributed by atoms with van der Waals surface area (Å²) in [5.74, 6) is 0.801. The molecule has 72 valence electrons. The van der Waals surface area contributed by atoms with Crippen molar-refractivity contribution in [3.63, 3.8) is 0 Å². The van der Waals surface area contributed by atoms with Crippen LogP contribution in [-0.4, -0.2) is 11.5 Å². The molecule has 1 aromatic heterocycles. The maximum absolute atomic E-state index is 5.93. The van der Waals surface area contributed by atoms with E-state index < -0.39 is 0 Å². The first-order chi connectivity index (χ1) is 6.74. The van der Waals surface area contributed by atoms with Gasteiger partial charge in [-0.05, 0) is 6.07 Å². The zero-order valence-electron chi connectivity index (χ0n) is 7.63. The van der Waals surface area contributed by atoms with E-state index in [2.05, 4.69) is 23.5 Å². The topological polar surface area (TPSA) is 28.2 Å². The third-order valence-electron chi connectivity index (χ3n) is 2.08. The number of anilines is 2. The van der Waals surface area contributed by atoms with Crippen molar-refractivity contribution in [2.24, 2.45) is 0 Å². The van der Waals surface area contributed by atoms with Crippen molar-refractivity contribution in [1.82, 2.24) is 4.98 Å². The number of rotatable bonds is 2. The second-order valence-corrected chi connectivity index (χ2v) is 3.32. The summed E-state index contributed by atoms with van der Waals surface area (Å²) >= 11 is 5.93. The number of pyridine rings is 1. The molecular formula is C10H10ClN3. The smallest absolute Gasteiger partial charge is 0.154 e. The highest BCUT2D eigenvalue weighted by atomic mass is 35.5. The Morgan fingerprint density at radius 2 is 2.43 bits per heavy atom. The van der Waals surface area contributed by atoms with Crippen LogP contribution in [0.15, 0.2) is 37.3 Å². The first kappa shape index (κ1) is 9.09. The van der Waals surface area contributed by atoms with E-state index in [-0.39, 0.29) is 0 Å². The van der Waals surface area contributed by atoms with Crippen LogP contribution in [-0.2, 0) is 0 Å². The monoisotopic (exact) mass is 207 g/mol. The zero-order valence-corrected chi connectivity index (χ0v) is 8.38. The van der Waals surface area contributed by atoms with E-state index in [1.165, 1.54) is 0 Å². The lowest BCUT2D eigenvalue weighted by Crippen LogP contribution is -2.19. The van der Waals surface area contributed by atoms with Gasteiger partial charge in [0, 0.05) is 12.7 Å². The quantitative estimate of drug-likeness (QED) is 0.597. The zero-order chi connectivity index (χ0) is 10.1. The van der Waals surface area contributed by atoms with Crippen LogP contribution in [0.2, 0.25) is 5.15 Å². The van der Waals surface area contributed by atoms with Crippen molar-refractivity contribution in [3.05, 3.63) is 42.5 Å².